The molecule has 0 spiro atoms. The molecule has 101 valence electrons. The predicted molar refractivity (Wildman–Crippen MR) is 59.3 cm³/mol. The molecule has 0 saturated heterocycles. The van der Waals surface area contributed by atoms with Crippen molar-refractivity contribution in [2.24, 2.45) is 0 Å². The van der Waals surface area contributed by atoms with Crippen LogP contribution in [0.15, 0.2) is 0 Å². The molecule has 0 amide bonds. The van der Waals surface area contributed by atoms with Crippen molar-refractivity contribution >= 4 is 0 Å². The predicted octanol–water partition coefficient (Wildman–Crippen LogP) is 0.438. The molecule has 0 N–H and O–H groups in total. The molecule has 0 aromatic heterocycles. The minimum atomic E-state index is 0. The first-order valence-electron chi connectivity index (χ1n) is 5.99. The van der Waals surface area contributed by atoms with Gasteiger partial charge >= 0.3 is 19.5 Å². The first-order valence-corrected chi connectivity index (χ1v) is 5.99. The van der Waals surface area contributed by atoms with E-state index in [1.807, 2.05) is 20.8 Å². The standard InChI is InChI=1S/3C4H9O.Ru/c3*1-2-3-4-5;/h3*2-4H2,1H3;/q3*-1;+3. The smallest absolute Gasteiger partial charge is 0.854 e. The van der Waals surface area contributed by atoms with Gasteiger partial charge in [-0.25, -0.2) is 0 Å². The van der Waals surface area contributed by atoms with E-state index in [4.69, 9.17) is 0 Å². The maximum atomic E-state index is 9.53. The van der Waals surface area contributed by atoms with Crippen molar-refractivity contribution in [3.05, 3.63) is 0 Å². The summed E-state index contributed by atoms with van der Waals surface area (Å²) >= 11 is 0. The zero-order valence-corrected chi connectivity index (χ0v) is 12.7. The van der Waals surface area contributed by atoms with Crippen LogP contribution in [0.5, 0.6) is 0 Å². The van der Waals surface area contributed by atoms with Crippen LogP contribution in [0.4, 0.5) is 0 Å². The molecule has 0 rings (SSSR count). The van der Waals surface area contributed by atoms with Gasteiger partial charge in [0.1, 0.15) is 0 Å². The minimum absolute atomic E-state index is 0. The topological polar surface area (TPSA) is 69.2 Å². The molecular formula is C12H27O3Ru. The first kappa shape index (κ1) is 25.4. The molecule has 0 aliphatic carbocycles. The van der Waals surface area contributed by atoms with E-state index < -0.39 is 0 Å². The van der Waals surface area contributed by atoms with Crippen molar-refractivity contribution in [1.82, 2.24) is 0 Å². The fourth-order valence-electron chi connectivity index (χ4n) is 0.433. The fraction of sp³-hybridized carbons (Fsp3) is 1.00. The van der Waals surface area contributed by atoms with Crippen LogP contribution in [0.3, 0.4) is 0 Å². The molecule has 4 heteroatoms. The summed E-state index contributed by atoms with van der Waals surface area (Å²) < 4.78 is 0. The summed E-state index contributed by atoms with van der Waals surface area (Å²) in [7, 11) is 0. The Labute approximate surface area is 114 Å². The van der Waals surface area contributed by atoms with Gasteiger partial charge in [-0.05, 0) is 0 Å². The molecule has 0 heterocycles. The number of hydrogen-bond donors (Lipinski definition) is 0. The van der Waals surface area contributed by atoms with Crippen LogP contribution in [0.25, 0.3) is 0 Å². The molecule has 3 nitrogen and oxygen atoms in total. The third kappa shape index (κ3) is 62.5. The Morgan fingerprint density at radius 2 is 0.750 bits per heavy atom. The van der Waals surface area contributed by atoms with Crippen molar-refractivity contribution < 1.29 is 34.8 Å². The Morgan fingerprint density at radius 3 is 0.750 bits per heavy atom. The van der Waals surface area contributed by atoms with E-state index in [9.17, 15) is 15.3 Å². The first-order chi connectivity index (χ1) is 7.24. The quantitative estimate of drug-likeness (QED) is 0.667. The van der Waals surface area contributed by atoms with E-state index in [1.54, 1.807) is 0 Å². The van der Waals surface area contributed by atoms with Crippen molar-refractivity contribution in [2.45, 2.75) is 59.3 Å². The monoisotopic (exact) mass is 321 g/mol. The van der Waals surface area contributed by atoms with Crippen LogP contribution in [0, 0.1) is 0 Å². The minimum Gasteiger partial charge on any atom is -0.854 e. The van der Waals surface area contributed by atoms with Crippen LogP contribution < -0.4 is 15.3 Å². The van der Waals surface area contributed by atoms with Gasteiger partial charge < -0.3 is 15.3 Å². The average Bonchev–Trinajstić information content (AvgIpc) is 2.23. The molecule has 0 aromatic rings. The van der Waals surface area contributed by atoms with Gasteiger partial charge in [-0.15, -0.1) is 19.8 Å². The maximum absolute atomic E-state index is 9.53. The third-order valence-electron chi connectivity index (χ3n) is 1.49. The summed E-state index contributed by atoms with van der Waals surface area (Å²) in [4.78, 5) is 0. The van der Waals surface area contributed by atoms with Crippen molar-refractivity contribution in [1.29, 1.82) is 0 Å². The van der Waals surface area contributed by atoms with Gasteiger partial charge in [-0.1, -0.05) is 59.3 Å². The van der Waals surface area contributed by atoms with E-state index >= 15 is 0 Å². The average molecular weight is 320 g/mol. The molecular weight excluding hydrogens is 293 g/mol. The Balaban J connectivity index is -0.0000000655. The van der Waals surface area contributed by atoms with Crippen molar-refractivity contribution in [2.75, 3.05) is 19.8 Å². The van der Waals surface area contributed by atoms with Gasteiger partial charge in [0.15, 0.2) is 0 Å². The van der Waals surface area contributed by atoms with Gasteiger partial charge in [-0.3, -0.25) is 0 Å². The Hall–Kier alpha value is 0.503. The second kappa shape index (κ2) is 36.1. The largest absolute Gasteiger partial charge is 3.00 e. The number of rotatable bonds is 6. The molecule has 0 fully saturated rings. The Kier molecular flexibility index (Phi) is 57.3. The number of unbranched alkanes of at least 4 members (excludes halogenated alkanes) is 3. The van der Waals surface area contributed by atoms with Gasteiger partial charge in [0.05, 0.1) is 0 Å². The second-order valence-corrected chi connectivity index (χ2v) is 3.17. The van der Waals surface area contributed by atoms with Crippen LogP contribution >= 0.6 is 0 Å². The van der Waals surface area contributed by atoms with Crippen molar-refractivity contribution in [3.8, 4) is 0 Å². The van der Waals surface area contributed by atoms with Gasteiger partial charge in [0.25, 0.3) is 0 Å². The molecule has 16 heavy (non-hydrogen) atoms. The summed E-state index contributed by atoms with van der Waals surface area (Å²) in [5.41, 5.74) is 0. The summed E-state index contributed by atoms with van der Waals surface area (Å²) in [5.74, 6) is 0. The van der Waals surface area contributed by atoms with E-state index in [-0.39, 0.29) is 39.3 Å². The SMILES string of the molecule is CCCC[O-].CCCC[O-].CCCC[O-].[Ru+3]. The molecule has 0 bridgehead atoms. The van der Waals surface area contributed by atoms with Crippen LogP contribution in [-0.4, -0.2) is 19.8 Å². The summed E-state index contributed by atoms with van der Waals surface area (Å²) in [5, 5.41) is 28.6. The zero-order chi connectivity index (χ0) is 12.4. The normalized spacial score (nSPS) is 7.88. The van der Waals surface area contributed by atoms with Crippen LogP contribution in [0.2, 0.25) is 0 Å². The molecule has 1 radical (unpaired) electrons. The van der Waals surface area contributed by atoms with Crippen LogP contribution in [-0.2, 0) is 19.5 Å². The Bertz CT molecular complexity index is 53.0. The zero-order valence-electron chi connectivity index (χ0n) is 10.9. The van der Waals surface area contributed by atoms with E-state index in [0.717, 1.165) is 38.5 Å². The summed E-state index contributed by atoms with van der Waals surface area (Å²) in [6.07, 6.45) is 5.59. The second-order valence-electron chi connectivity index (χ2n) is 3.17. The fourth-order valence-corrected chi connectivity index (χ4v) is 0.433. The molecule has 0 saturated carbocycles. The third-order valence-corrected chi connectivity index (χ3v) is 1.49. The van der Waals surface area contributed by atoms with Gasteiger partial charge in [0.2, 0.25) is 0 Å². The molecule has 0 aliphatic rings. The van der Waals surface area contributed by atoms with E-state index in [1.165, 1.54) is 0 Å². The summed E-state index contributed by atoms with van der Waals surface area (Å²) in [6.45, 7) is 6.32. The molecule has 0 unspecified atom stereocenters. The molecule has 0 aliphatic heterocycles. The van der Waals surface area contributed by atoms with Crippen molar-refractivity contribution in [3.63, 3.8) is 0 Å². The summed E-state index contributed by atoms with van der Waals surface area (Å²) in [6, 6.07) is 0. The molecule has 0 aromatic carbocycles. The van der Waals surface area contributed by atoms with E-state index in [2.05, 4.69) is 0 Å². The number of hydrogen-bond acceptors (Lipinski definition) is 3. The maximum Gasteiger partial charge on any atom is 3.00 e. The van der Waals surface area contributed by atoms with Crippen LogP contribution in [0.1, 0.15) is 59.3 Å². The molecule has 0 atom stereocenters. The van der Waals surface area contributed by atoms with Gasteiger partial charge in [0, 0.05) is 0 Å². The van der Waals surface area contributed by atoms with E-state index in [0.29, 0.717) is 0 Å². The van der Waals surface area contributed by atoms with Gasteiger partial charge in [-0.2, -0.15) is 0 Å². The Morgan fingerprint density at radius 1 is 0.562 bits per heavy atom.